The lowest BCUT2D eigenvalue weighted by molar-refractivity contribution is 0.0946. The zero-order valence-corrected chi connectivity index (χ0v) is 12.2. The van der Waals surface area contributed by atoms with Crippen LogP contribution in [-0.4, -0.2) is 22.7 Å². The predicted octanol–water partition coefficient (Wildman–Crippen LogP) is 2.59. The van der Waals surface area contributed by atoms with Crippen LogP contribution in [-0.2, 0) is 13.5 Å². The number of carbonyl (C=O) groups is 1. The predicted molar refractivity (Wildman–Crippen MR) is 78.6 cm³/mol. The van der Waals surface area contributed by atoms with Crippen LogP contribution in [0.4, 0.5) is 0 Å². The lowest BCUT2D eigenvalue weighted by atomic mass is 9.92. The van der Waals surface area contributed by atoms with Gasteiger partial charge in [-0.05, 0) is 35.8 Å². The van der Waals surface area contributed by atoms with Gasteiger partial charge < -0.3 is 4.74 Å². The van der Waals surface area contributed by atoms with Gasteiger partial charge in [0.15, 0.2) is 11.5 Å². The number of hydrogen-bond acceptors (Lipinski definition) is 3. The lowest BCUT2D eigenvalue weighted by Gasteiger charge is -2.13. The first-order chi connectivity index (χ1) is 10.2. The summed E-state index contributed by atoms with van der Waals surface area (Å²) in [6.45, 7) is 0. The number of aryl methyl sites for hydroxylation is 2. The molecule has 0 N–H and O–H groups in total. The molecule has 3 unspecified atom stereocenters. The summed E-state index contributed by atoms with van der Waals surface area (Å²) in [5.41, 5.74) is 3.38. The summed E-state index contributed by atoms with van der Waals surface area (Å²) < 4.78 is 6.92. The molecule has 0 saturated heterocycles. The fraction of sp³-hybridized carbons (Fsp3) is 0.412. The molecule has 4 heteroatoms. The van der Waals surface area contributed by atoms with E-state index in [0.29, 0.717) is 23.3 Å². The van der Waals surface area contributed by atoms with E-state index in [1.807, 2.05) is 0 Å². The Morgan fingerprint density at radius 2 is 2.19 bits per heavy atom. The molecule has 4 rings (SSSR count). The van der Waals surface area contributed by atoms with Crippen LogP contribution >= 0.6 is 0 Å². The Morgan fingerprint density at radius 1 is 1.38 bits per heavy atom. The van der Waals surface area contributed by atoms with Crippen molar-refractivity contribution in [2.75, 3.05) is 7.11 Å². The van der Waals surface area contributed by atoms with E-state index in [0.717, 1.165) is 12.8 Å². The fourth-order valence-electron chi connectivity index (χ4n) is 3.93. The Labute approximate surface area is 123 Å². The minimum atomic E-state index is 0.0953. The van der Waals surface area contributed by atoms with Crippen LogP contribution in [0.1, 0.15) is 34.0 Å². The van der Waals surface area contributed by atoms with Gasteiger partial charge in [-0.3, -0.25) is 9.48 Å². The van der Waals surface area contributed by atoms with Crippen molar-refractivity contribution in [1.29, 1.82) is 0 Å². The third-order valence-corrected chi connectivity index (χ3v) is 4.99. The average Bonchev–Trinajstić information content (AvgIpc) is 3.14. The SMILES string of the molecule is COc1cnn(C)c1C(=O)C1C2CCc3ccccc3C21. The Bertz CT molecular complexity index is 719. The van der Waals surface area contributed by atoms with Gasteiger partial charge in [0.25, 0.3) is 0 Å². The number of benzene rings is 1. The van der Waals surface area contributed by atoms with Crippen molar-refractivity contribution in [3.05, 3.63) is 47.3 Å². The van der Waals surface area contributed by atoms with Crippen molar-refractivity contribution in [3.63, 3.8) is 0 Å². The van der Waals surface area contributed by atoms with Crippen molar-refractivity contribution in [2.45, 2.75) is 18.8 Å². The van der Waals surface area contributed by atoms with Crippen LogP contribution < -0.4 is 4.74 Å². The number of carbonyl (C=O) groups excluding carboxylic acids is 1. The van der Waals surface area contributed by atoms with Crippen LogP contribution in [0.15, 0.2) is 30.5 Å². The van der Waals surface area contributed by atoms with E-state index in [4.69, 9.17) is 4.74 Å². The van der Waals surface area contributed by atoms with E-state index in [1.165, 1.54) is 11.1 Å². The van der Waals surface area contributed by atoms with Crippen LogP contribution in [0.25, 0.3) is 0 Å². The summed E-state index contributed by atoms with van der Waals surface area (Å²) in [4.78, 5) is 12.9. The van der Waals surface area contributed by atoms with Crippen LogP contribution in [0, 0.1) is 11.8 Å². The summed E-state index contributed by atoms with van der Waals surface area (Å²) in [6.07, 6.45) is 3.81. The molecule has 2 aliphatic carbocycles. The molecule has 0 amide bonds. The average molecular weight is 282 g/mol. The van der Waals surface area contributed by atoms with Gasteiger partial charge in [-0.1, -0.05) is 24.3 Å². The maximum Gasteiger partial charge on any atom is 0.188 e. The zero-order valence-electron chi connectivity index (χ0n) is 12.2. The first-order valence-corrected chi connectivity index (χ1v) is 7.40. The second-order valence-electron chi connectivity index (χ2n) is 6.00. The highest BCUT2D eigenvalue weighted by Gasteiger charge is 2.57. The summed E-state index contributed by atoms with van der Waals surface area (Å²) in [7, 11) is 3.39. The Hall–Kier alpha value is -2.10. The van der Waals surface area contributed by atoms with Crippen LogP contribution in [0.5, 0.6) is 5.75 Å². The number of aromatic nitrogens is 2. The van der Waals surface area contributed by atoms with E-state index in [1.54, 1.807) is 25.0 Å². The highest BCUT2D eigenvalue weighted by atomic mass is 16.5. The number of methoxy groups -OCH3 is 1. The number of ether oxygens (including phenoxy) is 1. The quantitative estimate of drug-likeness (QED) is 0.813. The number of fused-ring (bicyclic) bond motifs is 3. The Morgan fingerprint density at radius 3 is 3.00 bits per heavy atom. The first kappa shape index (κ1) is 12.6. The van der Waals surface area contributed by atoms with Gasteiger partial charge in [-0.15, -0.1) is 0 Å². The number of rotatable bonds is 3. The fourth-order valence-corrected chi connectivity index (χ4v) is 3.93. The van der Waals surface area contributed by atoms with Crippen molar-refractivity contribution in [1.82, 2.24) is 9.78 Å². The molecule has 21 heavy (non-hydrogen) atoms. The molecule has 1 saturated carbocycles. The normalized spacial score (nSPS) is 25.9. The summed E-state index contributed by atoms with van der Waals surface area (Å²) in [6, 6.07) is 8.53. The molecule has 3 atom stereocenters. The van der Waals surface area contributed by atoms with Crippen molar-refractivity contribution in [2.24, 2.45) is 18.9 Å². The van der Waals surface area contributed by atoms with Gasteiger partial charge in [0.1, 0.15) is 5.69 Å². The molecule has 0 spiro atoms. The van der Waals surface area contributed by atoms with Crippen molar-refractivity contribution < 1.29 is 9.53 Å². The molecular weight excluding hydrogens is 264 g/mol. The van der Waals surface area contributed by atoms with E-state index in [2.05, 4.69) is 29.4 Å². The largest absolute Gasteiger partial charge is 0.493 e. The number of Topliss-reactive ketones (excluding diaryl/α,β-unsaturated/α-hetero) is 1. The zero-order chi connectivity index (χ0) is 14.6. The second kappa shape index (κ2) is 4.45. The third-order valence-electron chi connectivity index (χ3n) is 4.99. The summed E-state index contributed by atoms with van der Waals surface area (Å²) in [5, 5.41) is 4.15. The molecule has 4 nitrogen and oxygen atoms in total. The van der Waals surface area contributed by atoms with E-state index >= 15 is 0 Å². The molecule has 1 aromatic heterocycles. The molecule has 0 bridgehead atoms. The minimum Gasteiger partial charge on any atom is -0.493 e. The smallest absolute Gasteiger partial charge is 0.188 e. The van der Waals surface area contributed by atoms with E-state index in [-0.39, 0.29) is 11.7 Å². The Balaban J connectivity index is 1.68. The van der Waals surface area contributed by atoms with Gasteiger partial charge in [0, 0.05) is 13.0 Å². The highest BCUT2D eigenvalue weighted by Crippen LogP contribution is 2.61. The van der Waals surface area contributed by atoms with Gasteiger partial charge >= 0.3 is 0 Å². The number of nitrogens with zero attached hydrogens (tertiary/aromatic N) is 2. The molecule has 2 aliphatic rings. The molecule has 2 aromatic rings. The molecular formula is C17H18N2O2. The lowest BCUT2D eigenvalue weighted by Crippen LogP contribution is -2.11. The summed E-state index contributed by atoms with van der Waals surface area (Å²) in [5.74, 6) is 1.74. The van der Waals surface area contributed by atoms with Crippen LogP contribution in [0.3, 0.4) is 0 Å². The first-order valence-electron chi connectivity index (χ1n) is 7.40. The summed E-state index contributed by atoms with van der Waals surface area (Å²) >= 11 is 0. The topological polar surface area (TPSA) is 44.1 Å². The maximum atomic E-state index is 12.9. The van der Waals surface area contributed by atoms with Gasteiger partial charge in [0.05, 0.1) is 13.3 Å². The second-order valence-corrected chi connectivity index (χ2v) is 6.00. The van der Waals surface area contributed by atoms with E-state index in [9.17, 15) is 4.79 Å². The van der Waals surface area contributed by atoms with E-state index < -0.39 is 0 Å². The van der Waals surface area contributed by atoms with Gasteiger partial charge in [-0.25, -0.2) is 0 Å². The van der Waals surface area contributed by atoms with Crippen molar-refractivity contribution in [3.8, 4) is 5.75 Å². The molecule has 1 aromatic carbocycles. The van der Waals surface area contributed by atoms with Gasteiger partial charge in [-0.2, -0.15) is 5.10 Å². The number of hydrogen-bond donors (Lipinski definition) is 0. The van der Waals surface area contributed by atoms with Crippen LogP contribution in [0.2, 0.25) is 0 Å². The Kier molecular flexibility index (Phi) is 2.67. The standard InChI is InChI=1S/C17H18N2O2/c1-19-16(13(21-2)9-18-19)17(20)15-12-8-7-10-5-3-4-6-11(10)14(12)15/h3-6,9,12,14-15H,7-8H2,1-2H3. The highest BCUT2D eigenvalue weighted by molar-refractivity contribution is 6.01. The minimum absolute atomic E-state index is 0.0953. The molecule has 1 heterocycles. The van der Waals surface area contributed by atoms with Gasteiger partial charge in [0.2, 0.25) is 0 Å². The molecule has 0 aliphatic heterocycles. The number of ketones is 1. The monoisotopic (exact) mass is 282 g/mol. The molecule has 108 valence electrons. The molecule has 1 fully saturated rings. The third kappa shape index (κ3) is 1.75. The van der Waals surface area contributed by atoms with Crippen molar-refractivity contribution >= 4 is 5.78 Å². The maximum absolute atomic E-state index is 12.9. The molecule has 0 radical (unpaired) electrons.